The molecule has 1 heterocycles. The molecule has 2 N–H and O–H groups in total. The molecule has 0 aromatic heterocycles. The topological polar surface area (TPSA) is 29.3 Å². The Bertz CT molecular complexity index is 394. The summed E-state index contributed by atoms with van der Waals surface area (Å²) in [6, 6.07) is 6.39. The van der Waals surface area contributed by atoms with Gasteiger partial charge in [0.25, 0.3) is 0 Å². The van der Waals surface area contributed by atoms with Gasteiger partial charge in [0.1, 0.15) is 0 Å². The van der Waals surface area contributed by atoms with Crippen molar-refractivity contribution < 1.29 is 0 Å². The highest BCUT2D eigenvalue weighted by molar-refractivity contribution is 5.66. The molecular weight excluding hydrogens is 208 g/mol. The lowest BCUT2D eigenvalue weighted by molar-refractivity contribution is 0.519. The second-order valence-electron chi connectivity index (χ2n) is 5.54. The normalized spacial score (nSPS) is 20.6. The fourth-order valence-corrected chi connectivity index (χ4v) is 3.42. The summed E-state index contributed by atoms with van der Waals surface area (Å²) in [6.45, 7) is 2.46. The van der Waals surface area contributed by atoms with E-state index in [1.807, 2.05) is 6.07 Å². The Morgan fingerprint density at radius 3 is 2.82 bits per heavy atom. The third kappa shape index (κ3) is 2.13. The molecule has 1 aromatic carbocycles. The molecular formula is C15H22N2. The minimum Gasteiger partial charge on any atom is -0.398 e. The highest BCUT2D eigenvalue weighted by atomic mass is 15.1. The van der Waals surface area contributed by atoms with Gasteiger partial charge < -0.3 is 10.6 Å². The summed E-state index contributed by atoms with van der Waals surface area (Å²) in [5.74, 6) is 0.919. The van der Waals surface area contributed by atoms with Crippen LogP contribution in [0.4, 0.5) is 11.4 Å². The number of nitrogens with zero attached hydrogens (tertiary/aromatic N) is 1. The molecule has 2 nitrogen and oxygen atoms in total. The molecule has 17 heavy (non-hydrogen) atoms. The smallest absolute Gasteiger partial charge is 0.0419 e. The van der Waals surface area contributed by atoms with Gasteiger partial charge in [-0.2, -0.15) is 0 Å². The summed E-state index contributed by atoms with van der Waals surface area (Å²) in [6.07, 6.45) is 8.13. The zero-order valence-corrected chi connectivity index (χ0v) is 10.5. The zero-order valence-electron chi connectivity index (χ0n) is 10.5. The standard InChI is InChI=1S/C15H22N2/c16-14-8-3-9-15-13(14)7-4-10-17(15)11-12-5-1-2-6-12/h3,8-9,12H,1-2,4-7,10-11,16H2. The van der Waals surface area contributed by atoms with E-state index in [1.165, 1.54) is 56.4 Å². The Morgan fingerprint density at radius 1 is 1.18 bits per heavy atom. The number of benzene rings is 1. The first-order valence-electron chi connectivity index (χ1n) is 6.97. The van der Waals surface area contributed by atoms with Crippen LogP contribution in [0.15, 0.2) is 18.2 Å². The van der Waals surface area contributed by atoms with Crippen LogP contribution >= 0.6 is 0 Å². The van der Waals surface area contributed by atoms with E-state index in [4.69, 9.17) is 5.73 Å². The first kappa shape index (κ1) is 10.9. The SMILES string of the molecule is Nc1cccc2c1CCCN2CC1CCCC1. The zero-order chi connectivity index (χ0) is 11.7. The van der Waals surface area contributed by atoms with Crippen molar-refractivity contribution in [3.05, 3.63) is 23.8 Å². The second kappa shape index (κ2) is 4.59. The molecule has 0 bridgehead atoms. The van der Waals surface area contributed by atoms with Gasteiger partial charge in [-0.05, 0) is 49.3 Å². The van der Waals surface area contributed by atoms with Crippen LogP contribution in [0.25, 0.3) is 0 Å². The first-order valence-corrected chi connectivity index (χ1v) is 6.97. The maximum absolute atomic E-state index is 6.09. The van der Waals surface area contributed by atoms with Gasteiger partial charge in [0.2, 0.25) is 0 Å². The lowest BCUT2D eigenvalue weighted by atomic mass is 9.98. The van der Waals surface area contributed by atoms with E-state index in [0.717, 1.165) is 18.0 Å². The van der Waals surface area contributed by atoms with Crippen LogP contribution in [0.2, 0.25) is 0 Å². The molecule has 1 fully saturated rings. The lowest BCUT2D eigenvalue weighted by Crippen LogP contribution is -2.33. The van der Waals surface area contributed by atoms with Gasteiger partial charge in [-0.3, -0.25) is 0 Å². The maximum atomic E-state index is 6.09. The summed E-state index contributed by atoms with van der Waals surface area (Å²) in [5.41, 5.74) is 9.86. The van der Waals surface area contributed by atoms with E-state index in [9.17, 15) is 0 Å². The van der Waals surface area contributed by atoms with Gasteiger partial charge in [-0.15, -0.1) is 0 Å². The predicted molar refractivity (Wildman–Crippen MR) is 73.3 cm³/mol. The number of fused-ring (bicyclic) bond motifs is 1. The van der Waals surface area contributed by atoms with E-state index in [2.05, 4.69) is 17.0 Å². The van der Waals surface area contributed by atoms with E-state index in [0.29, 0.717) is 0 Å². The summed E-state index contributed by atoms with van der Waals surface area (Å²) >= 11 is 0. The Balaban J connectivity index is 1.81. The van der Waals surface area contributed by atoms with E-state index >= 15 is 0 Å². The number of rotatable bonds is 2. The van der Waals surface area contributed by atoms with E-state index in [1.54, 1.807) is 0 Å². The van der Waals surface area contributed by atoms with Crippen LogP contribution < -0.4 is 10.6 Å². The number of nitrogen functional groups attached to an aromatic ring is 1. The average Bonchev–Trinajstić information content (AvgIpc) is 2.83. The van der Waals surface area contributed by atoms with Crippen molar-refractivity contribution in [3.8, 4) is 0 Å². The molecule has 3 rings (SSSR count). The minimum absolute atomic E-state index is 0.919. The monoisotopic (exact) mass is 230 g/mol. The van der Waals surface area contributed by atoms with Crippen LogP contribution in [-0.4, -0.2) is 13.1 Å². The van der Waals surface area contributed by atoms with Crippen LogP contribution in [0, 0.1) is 5.92 Å². The van der Waals surface area contributed by atoms with Crippen molar-refractivity contribution in [2.24, 2.45) is 5.92 Å². The molecule has 2 aliphatic rings. The van der Waals surface area contributed by atoms with Gasteiger partial charge >= 0.3 is 0 Å². The first-order chi connectivity index (χ1) is 8.34. The van der Waals surface area contributed by atoms with Crippen molar-refractivity contribution in [2.45, 2.75) is 38.5 Å². The highest BCUT2D eigenvalue weighted by Crippen LogP contribution is 2.34. The van der Waals surface area contributed by atoms with Crippen LogP contribution in [0.1, 0.15) is 37.7 Å². The van der Waals surface area contributed by atoms with Crippen LogP contribution in [-0.2, 0) is 6.42 Å². The highest BCUT2D eigenvalue weighted by Gasteiger charge is 2.23. The summed E-state index contributed by atoms with van der Waals surface area (Å²) < 4.78 is 0. The fourth-order valence-electron chi connectivity index (χ4n) is 3.42. The number of hydrogen-bond acceptors (Lipinski definition) is 2. The predicted octanol–water partition coefficient (Wildman–Crippen LogP) is 3.21. The number of anilines is 2. The van der Waals surface area contributed by atoms with Crippen LogP contribution in [0.5, 0.6) is 0 Å². The van der Waals surface area contributed by atoms with E-state index in [-0.39, 0.29) is 0 Å². The second-order valence-corrected chi connectivity index (χ2v) is 5.54. The molecule has 0 spiro atoms. The lowest BCUT2D eigenvalue weighted by Gasteiger charge is -2.34. The van der Waals surface area contributed by atoms with Gasteiger partial charge in [0.05, 0.1) is 0 Å². The van der Waals surface area contributed by atoms with Gasteiger partial charge in [0.15, 0.2) is 0 Å². The quantitative estimate of drug-likeness (QED) is 0.790. The van der Waals surface area contributed by atoms with E-state index < -0.39 is 0 Å². The number of nitrogens with two attached hydrogens (primary N) is 1. The number of hydrogen-bond donors (Lipinski definition) is 1. The van der Waals surface area contributed by atoms with Crippen molar-refractivity contribution in [3.63, 3.8) is 0 Å². The summed E-state index contributed by atoms with van der Waals surface area (Å²) in [7, 11) is 0. The third-order valence-corrected chi connectivity index (χ3v) is 4.34. The molecule has 2 heteroatoms. The van der Waals surface area contributed by atoms with Gasteiger partial charge in [-0.25, -0.2) is 0 Å². The van der Waals surface area contributed by atoms with Gasteiger partial charge in [0, 0.05) is 24.5 Å². The van der Waals surface area contributed by atoms with Crippen molar-refractivity contribution >= 4 is 11.4 Å². The van der Waals surface area contributed by atoms with Crippen molar-refractivity contribution in [1.29, 1.82) is 0 Å². The molecule has 92 valence electrons. The third-order valence-electron chi connectivity index (χ3n) is 4.34. The molecule has 0 saturated heterocycles. The van der Waals surface area contributed by atoms with Crippen molar-refractivity contribution in [1.82, 2.24) is 0 Å². The molecule has 0 atom stereocenters. The molecule has 1 aliphatic carbocycles. The Morgan fingerprint density at radius 2 is 2.00 bits per heavy atom. The summed E-state index contributed by atoms with van der Waals surface area (Å²) in [5, 5.41) is 0. The maximum Gasteiger partial charge on any atom is 0.0419 e. The molecule has 1 saturated carbocycles. The largest absolute Gasteiger partial charge is 0.398 e. The van der Waals surface area contributed by atoms with Crippen molar-refractivity contribution in [2.75, 3.05) is 23.7 Å². The molecule has 0 radical (unpaired) electrons. The Hall–Kier alpha value is -1.18. The molecule has 0 amide bonds. The van der Waals surface area contributed by atoms with Crippen LogP contribution in [0.3, 0.4) is 0 Å². The average molecular weight is 230 g/mol. The minimum atomic E-state index is 0.919. The Labute approximate surface area is 104 Å². The summed E-state index contributed by atoms with van der Waals surface area (Å²) in [4.78, 5) is 2.57. The fraction of sp³-hybridized carbons (Fsp3) is 0.600. The Kier molecular flexibility index (Phi) is 2.96. The molecule has 1 aromatic rings. The molecule has 0 unspecified atom stereocenters. The molecule has 1 aliphatic heterocycles. The van der Waals surface area contributed by atoms with Gasteiger partial charge in [-0.1, -0.05) is 18.9 Å².